The molecule has 36 heavy (non-hydrogen) atoms. The van der Waals surface area contributed by atoms with E-state index in [1.165, 1.54) is 17.7 Å². The molecule has 2 aliphatic heterocycles. The Balaban J connectivity index is 1.20. The lowest BCUT2D eigenvalue weighted by Gasteiger charge is -2.34. The second kappa shape index (κ2) is 11.7. The minimum Gasteiger partial charge on any atom is -0.497 e. The molecule has 0 saturated carbocycles. The van der Waals surface area contributed by atoms with Crippen LogP contribution in [0.2, 0.25) is 0 Å². The Morgan fingerprint density at radius 2 is 1.56 bits per heavy atom. The number of hydrogen-bond donors (Lipinski definition) is 0. The maximum Gasteiger partial charge on any atom is 0.246 e. The van der Waals surface area contributed by atoms with Gasteiger partial charge in [-0.2, -0.15) is 0 Å². The molecule has 0 bridgehead atoms. The van der Waals surface area contributed by atoms with Crippen molar-refractivity contribution in [2.45, 2.75) is 31.6 Å². The van der Waals surface area contributed by atoms with Crippen LogP contribution in [0.25, 0.3) is 6.08 Å². The van der Waals surface area contributed by atoms with Crippen molar-refractivity contribution >= 4 is 17.8 Å². The summed E-state index contributed by atoms with van der Waals surface area (Å²) in [5, 5.41) is 0. The zero-order chi connectivity index (χ0) is 25.7. The quantitative estimate of drug-likeness (QED) is 0.404. The fraction of sp³-hybridized carbons (Fsp3) is 0.429. The summed E-state index contributed by atoms with van der Waals surface area (Å²) >= 11 is 0. The first-order valence-corrected chi connectivity index (χ1v) is 12.3. The number of nitrogens with zero attached hydrogens (tertiary/aromatic N) is 2. The van der Waals surface area contributed by atoms with Gasteiger partial charge in [0.25, 0.3) is 0 Å². The van der Waals surface area contributed by atoms with Crippen molar-refractivity contribution < 1.29 is 27.5 Å². The zero-order valence-corrected chi connectivity index (χ0v) is 20.4. The lowest BCUT2D eigenvalue weighted by atomic mass is 9.88. The summed E-state index contributed by atoms with van der Waals surface area (Å²) in [7, 11) is 1.66. The summed E-state index contributed by atoms with van der Waals surface area (Å²) in [5.41, 5.74) is 1.38. The number of carbonyl (C=O) groups excluding carboxylic acids is 2. The molecule has 4 rings (SSSR count). The van der Waals surface area contributed by atoms with Gasteiger partial charge in [-0.05, 0) is 86.2 Å². The molecule has 8 heteroatoms. The number of methoxy groups -OCH3 is 1. The molecule has 0 radical (unpaired) electrons. The van der Waals surface area contributed by atoms with Crippen LogP contribution in [-0.4, -0.2) is 61.3 Å². The molecule has 0 N–H and O–H groups in total. The highest BCUT2D eigenvalue weighted by atomic mass is 19.2. The molecule has 2 fully saturated rings. The first kappa shape index (κ1) is 25.9. The van der Waals surface area contributed by atoms with E-state index in [1.54, 1.807) is 12.0 Å². The average molecular weight is 501 g/mol. The highest BCUT2D eigenvalue weighted by Gasteiger charge is 2.29. The van der Waals surface area contributed by atoms with E-state index in [9.17, 15) is 22.8 Å². The smallest absolute Gasteiger partial charge is 0.246 e. The molecule has 0 atom stereocenters. The van der Waals surface area contributed by atoms with Gasteiger partial charge >= 0.3 is 0 Å². The van der Waals surface area contributed by atoms with Gasteiger partial charge in [0.05, 0.1) is 13.7 Å². The van der Waals surface area contributed by atoms with Crippen LogP contribution in [0.3, 0.4) is 0 Å². The number of halogens is 3. The van der Waals surface area contributed by atoms with Crippen LogP contribution in [0.5, 0.6) is 5.75 Å². The van der Waals surface area contributed by atoms with Crippen molar-refractivity contribution in [3.05, 3.63) is 71.1 Å². The Kier molecular flexibility index (Phi) is 8.46. The summed E-state index contributed by atoms with van der Waals surface area (Å²) in [6.45, 7) is 3.11. The molecule has 2 aromatic rings. The van der Waals surface area contributed by atoms with Crippen molar-refractivity contribution in [1.82, 2.24) is 9.80 Å². The molecule has 2 aromatic carbocycles. The summed E-state index contributed by atoms with van der Waals surface area (Å²) in [6.07, 6.45) is 5.71. The topological polar surface area (TPSA) is 49.9 Å². The largest absolute Gasteiger partial charge is 0.497 e. The summed E-state index contributed by atoms with van der Waals surface area (Å²) in [6, 6.07) is 9.89. The van der Waals surface area contributed by atoms with Gasteiger partial charge in [0.2, 0.25) is 5.91 Å². The molecule has 1 amide bonds. The summed E-state index contributed by atoms with van der Waals surface area (Å²) in [5.74, 6) is -2.94. The van der Waals surface area contributed by atoms with E-state index >= 15 is 0 Å². The first-order valence-electron chi connectivity index (χ1n) is 12.3. The van der Waals surface area contributed by atoms with Gasteiger partial charge in [-0.25, -0.2) is 13.2 Å². The highest BCUT2D eigenvalue weighted by molar-refractivity contribution is 5.92. The van der Waals surface area contributed by atoms with Crippen LogP contribution in [0, 0.1) is 23.4 Å². The van der Waals surface area contributed by atoms with E-state index in [-0.39, 0.29) is 23.2 Å². The number of Topliss-reactive ketones (excluding diaryl/α,β-unsaturated/α-hetero) is 1. The van der Waals surface area contributed by atoms with Gasteiger partial charge in [0.1, 0.15) is 11.5 Å². The molecule has 192 valence electrons. The summed E-state index contributed by atoms with van der Waals surface area (Å²) in [4.78, 5) is 29.2. The van der Waals surface area contributed by atoms with Gasteiger partial charge in [-0.15, -0.1) is 0 Å². The zero-order valence-electron chi connectivity index (χ0n) is 20.4. The number of likely N-dealkylation sites (tertiary alicyclic amines) is 2. The fourth-order valence-corrected chi connectivity index (χ4v) is 5.02. The van der Waals surface area contributed by atoms with Gasteiger partial charge < -0.3 is 9.64 Å². The predicted octanol–water partition coefficient (Wildman–Crippen LogP) is 4.81. The van der Waals surface area contributed by atoms with Crippen molar-refractivity contribution in [3.8, 4) is 5.75 Å². The molecule has 2 heterocycles. The number of piperidine rings is 2. The Labute approximate surface area is 209 Å². The van der Waals surface area contributed by atoms with Crippen LogP contribution >= 0.6 is 0 Å². The number of amides is 1. The standard InChI is InChI=1S/C28H31F3N2O3/c1-36-23-5-3-20(4-6-23)21-8-12-32(13-9-21)18-26(34)22-10-14-33(15-11-22)27(35)7-2-19-16-24(29)28(31)25(30)17-19/h2-7,16-17,21-22H,8-15,18H2,1H3. The fourth-order valence-electron chi connectivity index (χ4n) is 5.02. The molecule has 0 unspecified atom stereocenters. The first-order chi connectivity index (χ1) is 17.3. The maximum atomic E-state index is 13.3. The SMILES string of the molecule is COc1ccc(C2CCN(CC(=O)C3CCN(C(=O)C=Cc4cc(F)c(F)c(F)c4)CC3)CC2)cc1. The van der Waals surface area contributed by atoms with Crippen molar-refractivity contribution in [1.29, 1.82) is 0 Å². The van der Waals surface area contributed by atoms with Crippen LogP contribution in [-0.2, 0) is 9.59 Å². The minimum absolute atomic E-state index is 0.0700. The molecule has 0 spiro atoms. The molecular formula is C28H31F3N2O3. The van der Waals surface area contributed by atoms with E-state index in [0.717, 1.165) is 43.8 Å². The number of rotatable bonds is 7. The normalized spacial score (nSPS) is 18.1. The third-order valence-electron chi connectivity index (χ3n) is 7.24. The third-order valence-corrected chi connectivity index (χ3v) is 7.24. The highest BCUT2D eigenvalue weighted by Crippen LogP contribution is 2.29. The van der Waals surface area contributed by atoms with Gasteiger partial charge in [0, 0.05) is 25.1 Å². The van der Waals surface area contributed by atoms with Crippen molar-refractivity contribution in [2.75, 3.05) is 39.8 Å². The van der Waals surface area contributed by atoms with Crippen LogP contribution < -0.4 is 4.74 Å². The van der Waals surface area contributed by atoms with Crippen molar-refractivity contribution in [3.63, 3.8) is 0 Å². The number of hydrogen-bond acceptors (Lipinski definition) is 4. The van der Waals surface area contributed by atoms with Crippen LogP contribution in [0.1, 0.15) is 42.7 Å². The number of ether oxygens (including phenoxy) is 1. The van der Waals surface area contributed by atoms with Crippen molar-refractivity contribution in [2.24, 2.45) is 5.92 Å². The van der Waals surface area contributed by atoms with E-state index in [4.69, 9.17) is 4.74 Å². The number of carbonyl (C=O) groups is 2. The Morgan fingerprint density at radius 1 is 0.944 bits per heavy atom. The van der Waals surface area contributed by atoms with Gasteiger partial charge in [-0.1, -0.05) is 12.1 Å². The lowest BCUT2D eigenvalue weighted by Crippen LogP contribution is -2.43. The third kappa shape index (κ3) is 6.35. The molecule has 2 aliphatic rings. The molecule has 0 aromatic heterocycles. The predicted molar refractivity (Wildman–Crippen MR) is 131 cm³/mol. The van der Waals surface area contributed by atoms with Crippen LogP contribution in [0.15, 0.2) is 42.5 Å². The van der Waals surface area contributed by atoms with E-state index in [2.05, 4.69) is 17.0 Å². The molecule has 5 nitrogen and oxygen atoms in total. The van der Waals surface area contributed by atoms with E-state index in [1.807, 2.05) is 12.1 Å². The minimum atomic E-state index is -1.54. The van der Waals surface area contributed by atoms with E-state index in [0.29, 0.717) is 38.4 Å². The Morgan fingerprint density at radius 3 is 2.14 bits per heavy atom. The van der Waals surface area contributed by atoms with Gasteiger partial charge in [0.15, 0.2) is 17.5 Å². The Bertz CT molecular complexity index is 1080. The van der Waals surface area contributed by atoms with Gasteiger partial charge in [-0.3, -0.25) is 14.5 Å². The molecular weight excluding hydrogens is 469 g/mol. The number of ketones is 1. The molecule has 0 aliphatic carbocycles. The summed E-state index contributed by atoms with van der Waals surface area (Å²) < 4.78 is 45.0. The Hall–Kier alpha value is -3.13. The van der Waals surface area contributed by atoms with Crippen LogP contribution in [0.4, 0.5) is 13.2 Å². The second-order valence-corrected chi connectivity index (χ2v) is 9.52. The van der Waals surface area contributed by atoms with E-state index < -0.39 is 17.5 Å². The second-order valence-electron chi connectivity index (χ2n) is 9.52. The maximum absolute atomic E-state index is 13.3. The lowest BCUT2D eigenvalue weighted by molar-refractivity contribution is -0.131. The molecule has 2 saturated heterocycles. The monoisotopic (exact) mass is 500 g/mol. The number of benzene rings is 2. The average Bonchev–Trinajstić information content (AvgIpc) is 2.91.